The van der Waals surface area contributed by atoms with Crippen molar-refractivity contribution in [2.24, 2.45) is 5.73 Å². The molecule has 0 atom stereocenters. The smallest absolute Gasteiger partial charge is 0.254 e. The first-order chi connectivity index (χ1) is 12.6. The van der Waals surface area contributed by atoms with Crippen LogP contribution < -0.4 is 16.2 Å². The van der Waals surface area contributed by atoms with Crippen LogP contribution in [0.25, 0.3) is 16.9 Å². The van der Waals surface area contributed by atoms with E-state index in [1.165, 1.54) is 0 Å². The molecule has 0 spiro atoms. The molecule has 0 aliphatic rings. The van der Waals surface area contributed by atoms with Gasteiger partial charge in [0.15, 0.2) is 5.65 Å². The van der Waals surface area contributed by atoms with Gasteiger partial charge >= 0.3 is 0 Å². The van der Waals surface area contributed by atoms with Crippen molar-refractivity contribution < 1.29 is 13.6 Å². The van der Waals surface area contributed by atoms with Crippen LogP contribution in [0.5, 0.6) is 5.75 Å². The number of amides is 1. The first-order valence-corrected chi connectivity index (χ1v) is 7.19. The van der Waals surface area contributed by atoms with Crippen molar-refractivity contribution in [1.29, 1.82) is 0 Å². The second kappa shape index (κ2) is 5.52. The van der Waals surface area contributed by atoms with Gasteiger partial charge in [-0.3, -0.25) is 9.36 Å². The van der Waals surface area contributed by atoms with Gasteiger partial charge in [0.2, 0.25) is 0 Å². The molecule has 0 saturated carbocycles. The summed E-state index contributed by atoms with van der Waals surface area (Å²) in [7, 11) is 1.55. The van der Waals surface area contributed by atoms with Crippen molar-refractivity contribution in [1.82, 2.24) is 14.5 Å². The van der Waals surface area contributed by atoms with E-state index < -0.39 is 12.8 Å². The van der Waals surface area contributed by atoms with Gasteiger partial charge in [-0.25, -0.2) is 9.97 Å². The lowest BCUT2D eigenvalue weighted by Crippen LogP contribution is -2.14. The number of aryl methyl sites for hydroxylation is 2. The highest BCUT2D eigenvalue weighted by Crippen LogP contribution is 2.35. The molecule has 0 unspecified atom stereocenters. The summed E-state index contributed by atoms with van der Waals surface area (Å²) >= 11 is 0. The normalized spacial score (nSPS) is 13.4. The van der Waals surface area contributed by atoms with E-state index >= 15 is 0 Å². The lowest BCUT2D eigenvalue weighted by molar-refractivity contribution is 0.100. The van der Waals surface area contributed by atoms with E-state index in [2.05, 4.69) is 9.97 Å². The molecule has 24 heavy (non-hydrogen) atoms. The molecule has 3 aromatic rings. The molecule has 7 heteroatoms. The highest BCUT2D eigenvalue weighted by atomic mass is 16.5. The Hall–Kier alpha value is -3.09. The largest absolute Gasteiger partial charge is 0.496 e. The molecule has 3 rings (SSSR count). The van der Waals surface area contributed by atoms with E-state index in [0.29, 0.717) is 11.4 Å². The standard InChI is InChI=1S/C17H19N5O2/c1-8-5-6-11(24-4)10(3)14(8)22-15(18)12(16(19)23)13-17(22)20-7-9(2)21-13/h5-7H,18H2,1-4H3,(H2,19,23)/i2D3. The van der Waals surface area contributed by atoms with Crippen LogP contribution in [0.2, 0.25) is 0 Å². The number of carbonyl (C=O) groups is 1. The van der Waals surface area contributed by atoms with Crippen molar-refractivity contribution >= 4 is 22.9 Å². The fourth-order valence-electron chi connectivity index (χ4n) is 2.91. The third-order valence-corrected chi connectivity index (χ3v) is 3.97. The fourth-order valence-corrected chi connectivity index (χ4v) is 2.91. The summed E-state index contributed by atoms with van der Waals surface area (Å²) in [6.45, 7) is 1.25. The average molecular weight is 328 g/mol. The number of rotatable bonds is 3. The Kier molecular flexibility index (Phi) is 2.84. The highest BCUT2D eigenvalue weighted by Gasteiger charge is 2.24. The minimum atomic E-state index is -2.48. The van der Waals surface area contributed by atoms with Crippen molar-refractivity contribution in [2.45, 2.75) is 20.7 Å². The third-order valence-electron chi connectivity index (χ3n) is 3.97. The quantitative estimate of drug-likeness (QED) is 0.764. The molecule has 4 N–H and O–H groups in total. The monoisotopic (exact) mass is 328 g/mol. The predicted molar refractivity (Wildman–Crippen MR) is 92.6 cm³/mol. The molecule has 1 amide bonds. The summed E-state index contributed by atoms with van der Waals surface area (Å²) in [5.41, 5.74) is 14.0. The van der Waals surface area contributed by atoms with Gasteiger partial charge in [0, 0.05) is 9.68 Å². The van der Waals surface area contributed by atoms with Crippen LogP contribution in [-0.4, -0.2) is 27.6 Å². The minimum Gasteiger partial charge on any atom is -0.496 e. The highest BCUT2D eigenvalue weighted by molar-refractivity contribution is 6.09. The predicted octanol–water partition coefficient (Wildman–Crippen LogP) is 2.04. The molecule has 2 heterocycles. The van der Waals surface area contributed by atoms with Crippen LogP contribution in [0.3, 0.4) is 0 Å². The minimum absolute atomic E-state index is 0.0413. The number of hydrogen-bond acceptors (Lipinski definition) is 5. The summed E-state index contributed by atoms with van der Waals surface area (Å²) < 4.78 is 29.5. The Balaban J connectivity index is 2.46. The number of aromatic nitrogens is 3. The molecule has 124 valence electrons. The Morgan fingerprint density at radius 1 is 1.38 bits per heavy atom. The SMILES string of the molecule is [2H]C([2H])([2H])c1cnc2c(n1)c(C(N)=O)c(N)n2-c1c(C)ccc(OC)c1C. The van der Waals surface area contributed by atoms with E-state index in [9.17, 15) is 4.79 Å². The van der Waals surface area contributed by atoms with Gasteiger partial charge < -0.3 is 16.2 Å². The van der Waals surface area contributed by atoms with Crippen LogP contribution in [0.1, 0.15) is 31.3 Å². The van der Waals surface area contributed by atoms with Crippen LogP contribution in [0.4, 0.5) is 5.82 Å². The number of benzene rings is 1. The Morgan fingerprint density at radius 2 is 2.12 bits per heavy atom. The van der Waals surface area contributed by atoms with E-state index in [1.54, 1.807) is 11.7 Å². The van der Waals surface area contributed by atoms with Crippen molar-refractivity contribution in [2.75, 3.05) is 12.8 Å². The van der Waals surface area contributed by atoms with Gasteiger partial charge in [-0.1, -0.05) is 6.07 Å². The number of anilines is 1. The van der Waals surface area contributed by atoms with Crippen LogP contribution in [0, 0.1) is 20.7 Å². The molecular formula is C17H19N5O2. The van der Waals surface area contributed by atoms with Crippen LogP contribution >= 0.6 is 0 Å². The average Bonchev–Trinajstić information content (AvgIpc) is 2.86. The summed E-state index contributed by atoms with van der Waals surface area (Å²) in [5, 5.41) is 0. The maximum absolute atomic E-state index is 12.0. The zero-order valence-corrected chi connectivity index (χ0v) is 13.5. The molecule has 0 fully saturated rings. The Bertz CT molecular complexity index is 1070. The van der Waals surface area contributed by atoms with Gasteiger partial charge in [-0.2, -0.15) is 0 Å². The summed E-state index contributed by atoms with van der Waals surface area (Å²) in [6.07, 6.45) is 1.15. The molecule has 0 radical (unpaired) electrons. The lowest BCUT2D eigenvalue weighted by Gasteiger charge is -2.16. The topological polar surface area (TPSA) is 109 Å². The molecule has 0 aliphatic carbocycles. The summed E-state index contributed by atoms with van der Waals surface area (Å²) in [4.78, 5) is 20.4. The van der Waals surface area contributed by atoms with Crippen LogP contribution in [0.15, 0.2) is 18.3 Å². The zero-order valence-electron chi connectivity index (χ0n) is 16.5. The molecule has 0 aliphatic heterocycles. The maximum Gasteiger partial charge on any atom is 0.254 e. The Morgan fingerprint density at radius 3 is 2.75 bits per heavy atom. The number of carbonyl (C=O) groups excluding carboxylic acids is 1. The molecule has 0 saturated heterocycles. The number of ether oxygens (including phenoxy) is 1. The zero-order chi connectivity index (χ0) is 20.1. The number of fused-ring (bicyclic) bond motifs is 1. The number of nitrogens with two attached hydrogens (primary N) is 2. The van der Waals surface area contributed by atoms with E-state index in [-0.39, 0.29) is 28.2 Å². The van der Waals surface area contributed by atoms with Crippen molar-refractivity contribution in [3.63, 3.8) is 0 Å². The van der Waals surface area contributed by atoms with Gasteiger partial charge in [-0.15, -0.1) is 0 Å². The second-order valence-corrected chi connectivity index (χ2v) is 5.45. The van der Waals surface area contributed by atoms with Gasteiger partial charge in [-0.05, 0) is 32.3 Å². The third kappa shape index (κ3) is 2.17. The molecule has 2 aromatic heterocycles. The van der Waals surface area contributed by atoms with Gasteiger partial charge in [0.1, 0.15) is 22.6 Å². The number of methoxy groups -OCH3 is 1. The first-order valence-electron chi connectivity index (χ1n) is 8.69. The van der Waals surface area contributed by atoms with E-state index in [1.807, 2.05) is 26.0 Å². The molecule has 1 aromatic carbocycles. The second-order valence-electron chi connectivity index (χ2n) is 5.45. The van der Waals surface area contributed by atoms with Crippen LogP contribution in [-0.2, 0) is 0 Å². The maximum atomic E-state index is 12.0. The van der Waals surface area contributed by atoms with Gasteiger partial charge in [0.05, 0.1) is 24.7 Å². The van der Waals surface area contributed by atoms with E-state index in [0.717, 1.165) is 17.3 Å². The summed E-state index contributed by atoms with van der Waals surface area (Å²) in [5.74, 6) is -0.143. The Labute approximate surface area is 143 Å². The number of hydrogen-bond donors (Lipinski definition) is 2. The molecule has 0 bridgehead atoms. The van der Waals surface area contributed by atoms with Crippen molar-refractivity contribution in [3.05, 3.63) is 40.7 Å². The molecular weight excluding hydrogens is 306 g/mol. The number of primary amides is 1. The lowest BCUT2D eigenvalue weighted by atomic mass is 10.1. The van der Waals surface area contributed by atoms with Gasteiger partial charge in [0.25, 0.3) is 5.91 Å². The number of nitrogen functional groups attached to an aromatic ring is 1. The van der Waals surface area contributed by atoms with E-state index in [4.69, 9.17) is 20.3 Å². The summed E-state index contributed by atoms with van der Waals surface area (Å²) in [6, 6.07) is 3.67. The van der Waals surface area contributed by atoms with Crippen molar-refractivity contribution in [3.8, 4) is 11.4 Å². The first kappa shape index (κ1) is 12.3. The fraction of sp³-hybridized carbons (Fsp3) is 0.235. The number of nitrogens with zero attached hydrogens (tertiary/aromatic N) is 3. The molecule has 7 nitrogen and oxygen atoms in total.